The van der Waals surface area contributed by atoms with Crippen molar-refractivity contribution in [3.8, 4) is 24.7 Å². The van der Waals surface area contributed by atoms with Crippen molar-refractivity contribution in [2.45, 2.75) is 26.7 Å². The molecule has 4 heteroatoms. The van der Waals surface area contributed by atoms with Crippen LogP contribution < -0.4 is 0 Å². The molecular formula is C14H18O4. The molecule has 0 aliphatic rings. The summed E-state index contributed by atoms with van der Waals surface area (Å²) in [6, 6.07) is 0. The van der Waals surface area contributed by atoms with Gasteiger partial charge in [-0.15, -0.1) is 24.7 Å². The van der Waals surface area contributed by atoms with Gasteiger partial charge in [0, 0.05) is 12.8 Å². The van der Waals surface area contributed by atoms with Crippen molar-refractivity contribution >= 4 is 11.9 Å². The number of esters is 2. The van der Waals surface area contributed by atoms with Crippen LogP contribution >= 0.6 is 0 Å². The number of carbonyl (C=O) groups excluding carboxylic acids is 2. The summed E-state index contributed by atoms with van der Waals surface area (Å²) < 4.78 is 9.80. The van der Waals surface area contributed by atoms with Crippen LogP contribution in [0.1, 0.15) is 26.7 Å². The summed E-state index contributed by atoms with van der Waals surface area (Å²) >= 11 is 0. The largest absolute Gasteiger partial charge is 0.466 e. The van der Waals surface area contributed by atoms with Crippen molar-refractivity contribution in [3.05, 3.63) is 0 Å². The molecule has 98 valence electrons. The Hall–Kier alpha value is -1.94. The highest BCUT2D eigenvalue weighted by molar-refractivity contribution is 5.82. The maximum absolute atomic E-state index is 11.8. The van der Waals surface area contributed by atoms with Crippen molar-refractivity contribution in [1.82, 2.24) is 0 Å². The summed E-state index contributed by atoms with van der Waals surface area (Å²) in [5.41, 5.74) is 0. The number of hydrogen-bond donors (Lipinski definition) is 0. The molecule has 0 unspecified atom stereocenters. The summed E-state index contributed by atoms with van der Waals surface area (Å²) in [7, 11) is 0. The molecule has 0 aromatic rings. The Bertz CT molecular complexity index is 323. The minimum atomic E-state index is -0.745. The minimum absolute atomic E-state index is 0.101. The second-order valence-electron chi connectivity index (χ2n) is 3.53. The predicted octanol–water partition coefficient (Wildman–Crippen LogP) is 1.39. The summed E-state index contributed by atoms with van der Waals surface area (Å²) in [5, 5.41) is 0. The van der Waals surface area contributed by atoms with Crippen molar-refractivity contribution in [2.75, 3.05) is 13.2 Å². The van der Waals surface area contributed by atoms with E-state index in [2.05, 4.69) is 11.8 Å². The van der Waals surface area contributed by atoms with Gasteiger partial charge in [-0.3, -0.25) is 9.59 Å². The second-order valence-corrected chi connectivity index (χ2v) is 3.53. The average Bonchev–Trinajstić information content (AvgIpc) is 2.34. The number of carbonyl (C=O) groups is 2. The fourth-order valence-corrected chi connectivity index (χ4v) is 1.53. The van der Waals surface area contributed by atoms with E-state index in [4.69, 9.17) is 22.3 Å². The first-order chi connectivity index (χ1) is 8.62. The van der Waals surface area contributed by atoms with E-state index in [-0.39, 0.29) is 26.1 Å². The summed E-state index contributed by atoms with van der Waals surface area (Å²) in [5.74, 6) is 2.22. The molecule has 0 fully saturated rings. The standard InChI is InChI=1S/C14H18O4/c1-5-9-11(13(15)17-7-3)12(10-6-2)14(16)18-8-4/h1-2,11-12H,7-10H2,3-4H3/t11-,12-/m0/s1. The Morgan fingerprint density at radius 2 is 1.28 bits per heavy atom. The number of ether oxygens (including phenoxy) is 2. The van der Waals surface area contributed by atoms with Crippen LogP contribution in [0.4, 0.5) is 0 Å². The van der Waals surface area contributed by atoms with Gasteiger partial charge in [-0.25, -0.2) is 0 Å². The molecule has 0 spiro atoms. The minimum Gasteiger partial charge on any atom is -0.466 e. The zero-order valence-electron chi connectivity index (χ0n) is 10.8. The van der Waals surface area contributed by atoms with E-state index in [0.717, 1.165) is 0 Å². The molecule has 0 N–H and O–H groups in total. The molecule has 0 bridgehead atoms. The van der Waals surface area contributed by atoms with Gasteiger partial charge in [0.15, 0.2) is 0 Å². The lowest BCUT2D eigenvalue weighted by Gasteiger charge is -2.20. The highest BCUT2D eigenvalue weighted by Gasteiger charge is 2.34. The van der Waals surface area contributed by atoms with Crippen LogP contribution in [0.3, 0.4) is 0 Å². The zero-order valence-corrected chi connectivity index (χ0v) is 10.8. The van der Waals surface area contributed by atoms with Crippen LogP contribution in [-0.4, -0.2) is 25.2 Å². The summed E-state index contributed by atoms with van der Waals surface area (Å²) in [4.78, 5) is 23.5. The first kappa shape index (κ1) is 16.1. The van der Waals surface area contributed by atoms with Gasteiger partial charge >= 0.3 is 11.9 Å². The Morgan fingerprint density at radius 1 is 0.944 bits per heavy atom. The number of terminal acetylenes is 2. The molecular weight excluding hydrogens is 232 g/mol. The number of rotatable bonds is 7. The quantitative estimate of drug-likeness (QED) is 0.506. The average molecular weight is 250 g/mol. The van der Waals surface area contributed by atoms with Crippen LogP contribution in [0.2, 0.25) is 0 Å². The molecule has 0 saturated carbocycles. The molecule has 0 radical (unpaired) electrons. The molecule has 0 aliphatic carbocycles. The smallest absolute Gasteiger partial charge is 0.310 e. The Balaban J connectivity index is 4.99. The highest BCUT2D eigenvalue weighted by Crippen LogP contribution is 2.22. The molecule has 0 aliphatic heterocycles. The van der Waals surface area contributed by atoms with Crippen LogP contribution in [0.15, 0.2) is 0 Å². The fourth-order valence-electron chi connectivity index (χ4n) is 1.53. The van der Waals surface area contributed by atoms with E-state index in [0.29, 0.717) is 0 Å². The maximum atomic E-state index is 11.8. The third-order valence-electron chi connectivity index (χ3n) is 2.34. The maximum Gasteiger partial charge on any atom is 0.310 e. The van der Waals surface area contributed by atoms with Gasteiger partial charge in [0.1, 0.15) is 0 Å². The van der Waals surface area contributed by atoms with Crippen molar-refractivity contribution in [2.24, 2.45) is 11.8 Å². The van der Waals surface area contributed by atoms with Crippen molar-refractivity contribution in [3.63, 3.8) is 0 Å². The molecule has 0 heterocycles. The van der Waals surface area contributed by atoms with E-state index in [9.17, 15) is 9.59 Å². The lowest BCUT2D eigenvalue weighted by molar-refractivity contribution is -0.160. The normalized spacial score (nSPS) is 12.7. The topological polar surface area (TPSA) is 52.6 Å². The van der Waals surface area contributed by atoms with E-state index in [1.54, 1.807) is 13.8 Å². The van der Waals surface area contributed by atoms with Crippen LogP contribution in [0.25, 0.3) is 0 Å². The first-order valence-corrected chi connectivity index (χ1v) is 5.82. The monoisotopic (exact) mass is 250 g/mol. The van der Waals surface area contributed by atoms with Crippen molar-refractivity contribution < 1.29 is 19.1 Å². The van der Waals surface area contributed by atoms with Gasteiger partial charge in [-0.05, 0) is 13.8 Å². The fraction of sp³-hybridized carbons (Fsp3) is 0.571. The molecule has 0 aromatic heterocycles. The SMILES string of the molecule is C#CC[C@H](C(=O)OCC)[C@H](CC#C)C(=O)OCC. The third-order valence-corrected chi connectivity index (χ3v) is 2.34. The molecule has 2 atom stereocenters. The van der Waals surface area contributed by atoms with Gasteiger partial charge in [-0.2, -0.15) is 0 Å². The molecule has 18 heavy (non-hydrogen) atoms. The van der Waals surface area contributed by atoms with Crippen LogP contribution in [-0.2, 0) is 19.1 Å². The molecule has 0 saturated heterocycles. The Kier molecular flexibility index (Phi) is 8.14. The van der Waals surface area contributed by atoms with E-state index >= 15 is 0 Å². The molecule has 0 rings (SSSR count). The van der Waals surface area contributed by atoms with E-state index < -0.39 is 23.8 Å². The van der Waals surface area contributed by atoms with Crippen molar-refractivity contribution in [1.29, 1.82) is 0 Å². The molecule has 4 nitrogen and oxygen atoms in total. The summed E-state index contributed by atoms with van der Waals surface area (Å²) in [6.45, 7) is 3.83. The van der Waals surface area contributed by atoms with Gasteiger partial charge in [0.05, 0.1) is 25.0 Å². The van der Waals surface area contributed by atoms with Gasteiger partial charge in [0.2, 0.25) is 0 Å². The summed E-state index contributed by atoms with van der Waals surface area (Å²) in [6.07, 6.45) is 10.6. The van der Waals surface area contributed by atoms with Gasteiger partial charge < -0.3 is 9.47 Å². The molecule has 0 aromatic carbocycles. The first-order valence-electron chi connectivity index (χ1n) is 5.82. The second kappa shape index (κ2) is 9.13. The predicted molar refractivity (Wildman–Crippen MR) is 67.1 cm³/mol. The van der Waals surface area contributed by atoms with E-state index in [1.165, 1.54) is 0 Å². The Labute approximate surface area is 108 Å². The van der Waals surface area contributed by atoms with Crippen LogP contribution in [0, 0.1) is 36.5 Å². The third kappa shape index (κ3) is 4.93. The number of hydrogen-bond acceptors (Lipinski definition) is 4. The van der Waals surface area contributed by atoms with Gasteiger partial charge in [-0.1, -0.05) is 0 Å². The Morgan fingerprint density at radius 3 is 1.50 bits per heavy atom. The zero-order chi connectivity index (χ0) is 14.0. The van der Waals surface area contributed by atoms with Gasteiger partial charge in [0.25, 0.3) is 0 Å². The lowest BCUT2D eigenvalue weighted by atomic mass is 9.87. The van der Waals surface area contributed by atoms with Crippen LogP contribution in [0.5, 0.6) is 0 Å². The highest BCUT2D eigenvalue weighted by atomic mass is 16.5. The molecule has 0 amide bonds. The lowest BCUT2D eigenvalue weighted by Crippen LogP contribution is -2.32. The van der Waals surface area contributed by atoms with E-state index in [1.807, 2.05) is 0 Å².